The van der Waals surface area contributed by atoms with E-state index in [1.54, 1.807) is 18.3 Å². The minimum atomic E-state index is 0.00808. The standard InChI is InChI=1S/C29H36ClN3O2S/c1-19(2)25(32-28(35)16-21-12-14-33(15-13-21)20(3)34)18-31-29(22-8-10-24(30)11-9-22)27-17-23-6-4-5-7-26(23)36-27/h4-11,17,19,21,25,29,31H,12-16,18H2,1-3H3,(H,32,35)/t25-,29?/m1/s1. The van der Waals surface area contributed by atoms with Gasteiger partial charge in [0.1, 0.15) is 0 Å². The fraction of sp³-hybridized carbons (Fsp3) is 0.448. The fourth-order valence-corrected chi connectivity index (χ4v) is 6.16. The first-order valence-electron chi connectivity index (χ1n) is 12.8. The van der Waals surface area contributed by atoms with Crippen LogP contribution in [-0.4, -0.2) is 42.4 Å². The molecule has 7 heteroatoms. The molecule has 0 aliphatic carbocycles. The Kier molecular flexibility index (Phi) is 9.04. The van der Waals surface area contributed by atoms with Crippen LogP contribution in [0.25, 0.3) is 10.1 Å². The van der Waals surface area contributed by atoms with Crippen LogP contribution < -0.4 is 10.6 Å². The molecule has 5 nitrogen and oxygen atoms in total. The van der Waals surface area contributed by atoms with Crippen molar-refractivity contribution in [2.75, 3.05) is 19.6 Å². The van der Waals surface area contributed by atoms with Crippen molar-refractivity contribution in [3.05, 3.63) is 70.1 Å². The van der Waals surface area contributed by atoms with Gasteiger partial charge in [0.15, 0.2) is 0 Å². The molecular formula is C29H36ClN3O2S. The van der Waals surface area contributed by atoms with Crippen LogP contribution in [0, 0.1) is 11.8 Å². The number of thiophene rings is 1. The number of carbonyl (C=O) groups excluding carboxylic acids is 2. The molecule has 0 radical (unpaired) electrons. The van der Waals surface area contributed by atoms with E-state index in [0.29, 0.717) is 18.9 Å². The van der Waals surface area contributed by atoms with Gasteiger partial charge < -0.3 is 15.5 Å². The van der Waals surface area contributed by atoms with E-state index in [-0.39, 0.29) is 29.8 Å². The van der Waals surface area contributed by atoms with Gasteiger partial charge in [0, 0.05) is 53.6 Å². The third-order valence-corrected chi connectivity index (χ3v) is 8.59. The van der Waals surface area contributed by atoms with Crippen LogP contribution in [0.2, 0.25) is 5.02 Å². The molecule has 1 aliphatic rings. The average Bonchev–Trinajstić information content (AvgIpc) is 3.28. The van der Waals surface area contributed by atoms with E-state index in [9.17, 15) is 9.59 Å². The molecule has 2 N–H and O–H groups in total. The van der Waals surface area contributed by atoms with Crippen molar-refractivity contribution in [1.82, 2.24) is 15.5 Å². The van der Waals surface area contributed by atoms with Gasteiger partial charge in [-0.05, 0) is 59.9 Å². The Bertz CT molecular complexity index is 1140. The highest BCUT2D eigenvalue weighted by Crippen LogP contribution is 2.33. The molecule has 1 saturated heterocycles. The van der Waals surface area contributed by atoms with Crippen LogP contribution in [-0.2, 0) is 9.59 Å². The summed E-state index contributed by atoms with van der Waals surface area (Å²) < 4.78 is 1.26. The number of hydrogen-bond acceptors (Lipinski definition) is 4. The largest absolute Gasteiger partial charge is 0.352 e. The summed E-state index contributed by atoms with van der Waals surface area (Å²) in [6.07, 6.45) is 2.30. The van der Waals surface area contributed by atoms with Gasteiger partial charge in [-0.15, -0.1) is 11.3 Å². The smallest absolute Gasteiger partial charge is 0.220 e. The van der Waals surface area contributed by atoms with E-state index in [1.807, 2.05) is 17.0 Å². The predicted molar refractivity (Wildman–Crippen MR) is 149 cm³/mol. The van der Waals surface area contributed by atoms with E-state index in [1.165, 1.54) is 15.0 Å². The van der Waals surface area contributed by atoms with Gasteiger partial charge in [-0.1, -0.05) is 55.8 Å². The van der Waals surface area contributed by atoms with E-state index in [2.05, 4.69) is 66.9 Å². The number of benzene rings is 2. The quantitative estimate of drug-likeness (QED) is 0.359. The highest BCUT2D eigenvalue weighted by atomic mass is 35.5. The van der Waals surface area contributed by atoms with Gasteiger partial charge in [-0.3, -0.25) is 9.59 Å². The third kappa shape index (κ3) is 6.87. The lowest BCUT2D eigenvalue weighted by Crippen LogP contribution is -2.47. The van der Waals surface area contributed by atoms with Crippen molar-refractivity contribution in [3.63, 3.8) is 0 Å². The van der Waals surface area contributed by atoms with Gasteiger partial charge in [-0.2, -0.15) is 0 Å². The third-order valence-electron chi connectivity index (χ3n) is 7.16. The van der Waals surface area contributed by atoms with E-state index in [0.717, 1.165) is 36.5 Å². The Hall–Kier alpha value is -2.41. The Morgan fingerprint density at radius 3 is 2.42 bits per heavy atom. The molecule has 1 aliphatic heterocycles. The summed E-state index contributed by atoms with van der Waals surface area (Å²) in [7, 11) is 0. The zero-order valence-corrected chi connectivity index (χ0v) is 22.9. The summed E-state index contributed by atoms with van der Waals surface area (Å²) in [6, 6.07) is 18.7. The molecule has 0 saturated carbocycles. The maximum absolute atomic E-state index is 12.9. The summed E-state index contributed by atoms with van der Waals surface area (Å²) in [4.78, 5) is 27.6. The normalized spacial score (nSPS) is 16.3. The summed E-state index contributed by atoms with van der Waals surface area (Å²) in [5.41, 5.74) is 1.15. The number of rotatable bonds is 9. The van der Waals surface area contributed by atoms with Crippen molar-refractivity contribution in [2.45, 2.75) is 52.1 Å². The van der Waals surface area contributed by atoms with E-state index >= 15 is 0 Å². The van der Waals surface area contributed by atoms with Crippen LogP contribution in [0.15, 0.2) is 54.6 Å². The number of amides is 2. The summed E-state index contributed by atoms with van der Waals surface area (Å²) in [5.74, 6) is 0.843. The lowest BCUT2D eigenvalue weighted by Gasteiger charge is -2.32. The van der Waals surface area contributed by atoms with Gasteiger partial charge >= 0.3 is 0 Å². The summed E-state index contributed by atoms with van der Waals surface area (Å²) >= 11 is 7.96. The van der Waals surface area contributed by atoms with Crippen LogP contribution in [0.4, 0.5) is 0 Å². The first kappa shape index (κ1) is 26.6. The number of hydrogen-bond donors (Lipinski definition) is 2. The Labute approximate surface area is 223 Å². The highest BCUT2D eigenvalue weighted by Gasteiger charge is 2.25. The number of likely N-dealkylation sites (tertiary alicyclic amines) is 1. The Morgan fingerprint density at radius 1 is 1.08 bits per heavy atom. The molecule has 192 valence electrons. The molecule has 3 aromatic rings. The molecule has 2 heterocycles. The SMILES string of the molecule is CC(=O)N1CCC(CC(=O)N[C@H](CNC(c2ccc(Cl)cc2)c2cc3ccccc3s2)C(C)C)CC1. The van der Waals surface area contributed by atoms with Crippen molar-refractivity contribution in [1.29, 1.82) is 0 Å². The molecule has 36 heavy (non-hydrogen) atoms. The maximum Gasteiger partial charge on any atom is 0.220 e. The van der Waals surface area contributed by atoms with Crippen molar-refractivity contribution in [3.8, 4) is 0 Å². The first-order chi connectivity index (χ1) is 17.3. The van der Waals surface area contributed by atoms with E-state index in [4.69, 9.17) is 11.6 Å². The lowest BCUT2D eigenvalue weighted by molar-refractivity contribution is -0.130. The van der Waals surface area contributed by atoms with Gasteiger partial charge in [0.25, 0.3) is 0 Å². The molecule has 2 atom stereocenters. The molecule has 1 fully saturated rings. The monoisotopic (exact) mass is 525 g/mol. The maximum atomic E-state index is 12.9. The summed E-state index contributed by atoms with van der Waals surface area (Å²) in [5, 5.41) is 9.00. The van der Waals surface area contributed by atoms with Crippen LogP contribution in [0.3, 0.4) is 0 Å². The number of halogens is 1. The van der Waals surface area contributed by atoms with Gasteiger partial charge in [0.05, 0.1) is 6.04 Å². The second-order valence-electron chi connectivity index (χ2n) is 10.2. The second-order valence-corrected chi connectivity index (χ2v) is 11.7. The fourth-order valence-electron chi connectivity index (χ4n) is 4.86. The molecule has 1 unspecified atom stereocenters. The Morgan fingerprint density at radius 2 is 1.78 bits per heavy atom. The highest BCUT2D eigenvalue weighted by molar-refractivity contribution is 7.19. The second kappa shape index (κ2) is 12.2. The molecule has 0 spiro atoms. The molecule has 2 amide bonds. The number of nitrogens with zero attached hydrogens (tertiary/aromatic N) is 1. The predicted octanol–water partition coefficient (Wildman–Crippen LogP) is 6.02. The van der Waals surface area contributed by atoms with Gasteiger partial charge in [0.2, 0.25) is 11.8 Å². The minimum Gasteiger partial charge on any atom is -0.352 e. The lowest BCUT2D eigenvalue weighted by atomic mass is 9.92. The van der Waals surface area contributed by atoms with Crippen molar-refractivity contribution < 1.29 is 9.59 Å². The van der Waals surface area contributed by atoms with Crippen LogP contribution >= 0.6 is 22.9 Å². The topological polar surface area (TPSA) is 61.4 Å². The average molecular weight is 526 g/mol. The zero-order chi connectivity index (χ0) is 25.7. The number of nitrogens with one attached hydrogen (secondary N) is 2. The van der Waals surface area contributed by atoms with Gasteiger partial charge in [-0.25, -0.2) is 0 Å². The Balaban J connectivity index is 1.42. The number of carbonyl (C=O) groups is 2. The van der Waals surface area contributed by atoms with Crippen molar-refractivity contribution >= 4 is 44.8 Å². The summed E-state index contributed by atoms with van der Waals surface area (Å²) in [6.45, 7) is 8.07. The minimum absolute atomic E-state index is 0.00808. The zero-order valence-electron chi connectivity index (χ0n) is 21.3. The van der Waals surface area contributed by atoms with Crippen LogP contribution in [0.5, 0.6) is 0 Å². The van der Waals surface area contributed by atoms with Crippen LogP contribution in [0.1, 0.15) is 56.5 Å². The van der Waals surface area contributed by atoms with E-state index < -0.39 is 0 Å². The number of fused-ring (bicyclic) bond motifs is 1. The molecule has 4 rings (SSSR count). The molecule has 0 bridgehead atoms. The molecule has 2 aromatic carbocycles. The first-order valence-corrected chi connectivity index (χ1v) is 14.0. The van der Waals surface area contributed by atoms with Crippen molar-refractivity contribution in [2.24, 2.45) is 11.8 Å². The molecular weight excluding hydrogens is 490 g/mol. The molecule has 1 aromatic heterocycles. The number of piperidine rings is 1.